The molecule has 1 fully saturated rings. The van der Waals surface area contributed by atoms with Gasteiger partial charge in [-0.2, -0.15) is 0 Å². The maximum Gasteiger partial charge on any atom is 0.120 e. The Morgan fingerprint density at radius 1 is 1.42 bits per heavy atom. The van der Waals surface area contributed by atoms with Gasteiger partial charge in [0.25, 0.3) is 0 Å². The highest BCUT2D eigenvalue weighted by Gasteiger charge is 2.31. The molecule has 106 valence electrons. The lowest BCUT2D eigenvalue weighted by molar-refractivity contribution is 0.353. The van der Waals surface area contributed by atoms with Gasteiger partial charge < -0.3 is 15.2 Å². The number of aromatic hydroxyl groups is 1. The van der Waals surface area contributed by atoms with Gasteiger partial charge >= 0.3 is 0 Å². The summed E-state index contributed by atoms with van der Waals surface area (Å²) in [7, 11) is 1.65. The molecule has 0 bridgehead atoms. The van der Waals surface area contributed by atoms with E-state index in [9.17, 15) is 5.11 Å². The van der Waals surface area contributed by atoms with Gasteiger partial charge in [0.1, 0.15) is 11.5 Å². The lowest BCUT2D eigenvalue weighted by Gasteiger charge is -2.22. The Hall–Kier alpha value is -1.22. The zero-order valence-corrected chi connectivity index (χ0v) is 12.4. The number of hydrogen-bond donors (Lipinski definition) is 2. The van der Waals surface area contributed by atoms with Crippen LogP contribution in [0.4, 0.5) is 0 Å². The molecular formula is C16H25NO2. The van der Waals surface area contributed by atoms with E-state index in [2.05, 4.69) is 26.1 Å². The Morgan fingerprint density at radius 3 is 2.74 bits per heavy atom. The van der Waals surface area contributed by atoms with Crippen LogP contribution in [0.15, 0.2) is 18.2 Å². The first-order valence-electron chi connectivity index (χ1n) is 7.04. The zero-order valence-electron chi connectivity index (χ0n) is 12.4. The third-order valence-corrected chi connectivity index (χ3v) is 4.16. The van der Waals surface area contributed by atoms with Gasteiger partial charge in [0, 0.05) is 17.6 Å². The van der Waals surface area contributed by atoms with Gasteiger partial charge in [0.2, 0.25) is 0 Å². The van der Waals surface area contributed by atoms with Crippen molar-refractivity contribution in [1.82, 2.24) is 5.32 Å². The lowest BCUT2D eigenvalue weighted by Crippen LogP contribution is -2.30. The molecular weight excluding hydrogens is 238 g/mol. The van der Waals surface area contributed by atoms with Crippen LogP contribution in [-0.2, 0) is 0 Å². The second-order valence-corrected chi connectivity index (χ2v) is 6.42. The van der Waals surface area contributed by atoms with Crippen LogP contribution >= 0.6 is 0 Å². The molecule has 0 aliphatic heterocycles. The molecule has 1 aliphatic carbocycles. The van der Waals surface area contributed by atoms with E-state index in [0.29, 0.717) is 17.2 Å². The molecule has 1 saturated carbocycles. The summed E-state index contributed by atoms with van der Waals surface area (Å²) < 4.78 is 5.22. The predicted octanol–water partition coefficient (Wildman–Crippen LogP) is 3.63. The fraction of sp³-hybridized carbons (Fsp3) is 0.625. The molecule has 0 radical (unpaired) electrons. The van der Waals surface area contributed by atoms with Crippen molar-refractivity contribution < 1.29 is 9.84 Å². The Labute approximate surface area is 116 Å². The molecule has 0 heterocycles. The van der Waals surface area contributed by atoms with E-state index in [-0.39, 0.29) is 6.04 Å². The summed E-state index contributed by atoms with van der Waals surface area (Å²) in [6.45, 7) is 6.74. The lowest BCUT2D eigenvalue weighted by atomic mass is 9.91. The standard InChI is InChI=1S/C16H25NO2/c1-11(17-12-7-8-16(2,3)10-12)14-9-13(19-4)5-6-15(14)18/h5-6,9,11-12,17-18H,7-8,10H2,1-4H3. The average molecular weight is 263 g/mol. The van der Waals surface area contributed by atoms with Crippen molar-refractivity contribution in [2.45, 2.75) is 52.1 Å². The second kappa shape index (κ2) is 5.41. The third-order valence-electron chi connectivity index (χ3n) is 4.16. The maximum atomic E-state index is 9.98. The number of phenols is 1. The summed E-state index contributed by atoms with van der Waals surface area (Å²) in [5.74, 6) is 1.12. The van der Waals surface area contributed by atoms with Gasteiger partial charge in [-0.05, 0) is 49.8 Å². The largest absolute Gasteiger partial charge is 0.508 e. The Morgan fingerprint density at radius 2 is 2.16 bits per heavy atom. The van der Waals surface area contributed by atoms with Gasteiger partial charge in [-0.1, -0.05) is 13.8 Å². The monoisotopic (exact) mass is 263 g/mol. The fourth-order valence-corrected chi connectivity index (χ4v) is 3.03. The molecule has 0 aromatic heterocycles. The summed E-state index contributed by atoms with van der Waals surface area (Å²) in [5, 5.41) is 13.6. The number of benzene rings is 1. The van der Waals surface area contributed by atoms with Crippen LogP contribution in [0, 0.1) is 5.41 Å². The van der Waals surface area contributed by atoms with Gasteiger partial charge in [0.15, 0.2) is 0 Å². The summed E-state index contributed by atoms with van der Waals surface area (Å²) in [6.07, 6.45) is 3.67. The Kier molecular flexibility index (Phi) is 4.04. The molecule has 2 rings (SSSR count). The number of nitrogens with one attached hydrogen (secondary N) is 1. The van der Waals surface area contributed by atoms with Crippen LogP contribution in [0.1, 0.15) is 51.6 Å². The van der Waals surface area contributed by atoms with Gasteiger partial charge in [-0.15, -0.1) is 0 Å². The van der Waals surface area contributed by atoms with Crippen molar-refractivity contribution in [3.63, 3.8) is 0 Å². The normalized spacial score (nSPS) is 23.3. The summed E-state index contributed by atoms with van der Waals surface area (Å²) in [4.78, 5) is 0. The molecule has 19 heavy (non-hydrogen) atoms. The van der Waals surface area contributed by atoms with Crippen LogP contribution in [0.3, 0.4) is 0 Å². The number of rotatable bonds is 4. The van der Waals surface area contributed by atoms with Crippen LogP contribution in [0.5, 0.6) is 11.5 Å². The topological polar surface area (TPSA) is 41.5 Å². The molecule has 1 aliphatic rings. The predicted molar refractivity (Wildman–Crippen MR) is 77.6 cm³/mol. The minimum absolute atomic E-state index is 0.133. The van der Waals surface area contributed by atoms with E-state index >= 15 is 0 Å². The van der Waals surface area contributed by atoms with Crippen LogP contribution < -0.4 is 10.1 Å². The second-order valence-electron chi connectivity index (χ2n) is 6.42. The quantitative estimate of drug-likeness (QED) is 0.871. The van der Waals surface area contributed by atoms with E-state index < -0.39 is 0 Å². The molecule has 0 saturated heterocycles. The van der Waals surface area contributed by atoms with Crippen molar-refractivity contribution in [3.8, 4) is 11.5 Å². The molecule has 0 amide bonds. The van der Waals surface area contributed by atoms with Crippen molar-refractivity contribution >= 4 is 0 Å². The molecule has 1 aromatic rings. The molecule has 1 aromatic carbocycles. The minimum atomic E-state index is 0.133. The molecule has 2 unspecified atom stereocenters. The van der Waals surface area contributed by atoms with Crippen molar-refractivity contribution in [2.75, 3.05) is 7.11 Å². The summed E-state index contributed by atoms with van der Waals surface area (Å²) in [6, 6.07) is 6.06. The highest BCUT2D eigenvalue weighted by atomic mass is 16.5. The molecule has 3 nitrogen and oxygen atoms in total. The first kappa shape index (κ1) is 14.2. The smallest absolute Gasteiger partial charge is 0.120 e. The number of methoxy groups -OCH3 is 1. The minimum Gasteiger partial charge on any atom is -0.508 e. The van der Waals surface area contributed by atoms with Crippen LogP contribution in [-0.4, -0.2) is 18.3 Å². The van der Waals surface area contributed by atoms with E-state index in [1.54, 1.807) is 19.2 Å². The number of ether oxygens (including phenoxy) is 1. The Bertz CT molecular complexity index is 442. The first-order valence-corrected chi connectivity index (χ1v) is 7.04. The van der Waals surface area contributed by atoms with Crippen molar-refractivity contribution in [3.05, 3.63) is 23.8 Å². The van der Waals surface area contributed by atoms with E-state index in [1.807, 2.05) is 6.07 Å². The van der Waals surface area contributed by atoms with Crippen LogP contribution in [0.2, 0.25) is 0 Å². The molecule has 2 N–H and O–H groups in total. The van der Waals surface area contributed by atoms with Gasteiger partial charge in [-0.25, -0.2) is 0 Å². The van der Waals surface area contributed by atoms with Crippen LogP contribution in [0.25, 0.3) is 0 Å². The number of phenolic OH excluding ortho intramolecular Hbond substituents is 1. The number of hydrogen-bond acceptors (Lipinski definition) is 3. The highest BCUT2D eigenvalue weighted by molar-refractivity contribution is 5.41. The van der Waals surface area contributed by atoms with Gasteiger partial charge in [0.05, 0.1) is 7.11 Å². The van der Waals surface area contributed by atoms with Crippen molar-refractivity contribution in [2.24, 2.45) is 5.41 Å². The van der Waals surface area contributed by atoms with E-state index in [1.165, 1.54) is 19.3 Å². The summed E-state index contributed by atoms with van der Waals surface area (Å²) in [5.41, 5.74) is 1.34. The van der Waals surface area contributed by atoms with E-state index in [4.69, 9.17) is 4.74 Å². The van der Waals surface area contributed by atoms with Crippen molar-refractivity contribution in [1.29, 1.82) is 0 Å². The zero-order chi connectivity index (χ0) is 14.0. The molecule has 0 spiro atoms. The average Bonchev–Trinajstić information content (AvgIpc) is 2.69. The molecule has 2 atom stereocenters. The van der Waals surface area contributed by atoms with E-state index in [0.717, 1.165) is 11.3 Å². The first-order chi connectivity index (χ1) is 8.91. The fourth-order valence-electron chi connectivity index (χ4n) is 3.03. The third kappa shape index (κ3) is 3.41. The summed E-state index contributed by atoms with van der Waals surface area (Å²) >= 11 is 0. The SMILES string of the molecule is COc1ccc(O)c(C(C)NC2CCC(C)(C)C2)c1. The Balaban J connectivity index is 2.06. The highest BCUT2D eigenvalue weighted by Crippen LogP contribution is 2.38. The molecule has 3 heteroatoms. The maximum absolute atomic E-state index is 9.98. The van der Waals surface area contributed by atoms with Gasteiger partial charge in [-0.3, -0.25) is 0 Å².